The van der Waals surface area contributed by atoms with Crippen molar-refractivity contribution in [3.63, 3.8) is 0 Å². The summed E-state index contributed by atoms with van der Waals surface area (Å²) in [5, 5.41) is 8.95. The molecule has 1 amide bonds. The number of piperidine rings is 1. The summed E-state index contributed by atoms with van der Waals surface area (Å²) < 4.78 is 19.3. The van der Waals surface area contributed by atoms with E-state index in [0.29, 0.717) is 6.61 Å². The van der Waals surface area contributed by atoms with Gasteiger partial charge in [0.25, 0.3) is 0 Å². The number of nitrogens with zero attached hydrogens (tertiary/aromatic N) is 1. The zero-order chi connectivity index (χ0) is 22.2. The maximum Gasteiger partial charge on any atom is 0.229 e. The van der Waals surface area contributed by atoms with Gasteiger partial charge in [-0.3, -0.25) is 4.79 Å². The highest BCUT2D eigenvalue weighted by Crippen LogP contribution is 2.29. The Labute approximate surface area is 192 Å². The average Bonchev–Trinajstić information content (AvgIpc) is 3.26. The topological polar surface area (TPSA) is 63.2 Å². The van der Waals surface area contributed by atoms with Gasteiger partial charge in [0.15, 0.2) is 0 Å². The van der Waals surface area contributed by atoms with E-state index in [1.165, 1.54) is 42.9 Å². The number of aromatic nitrogens is 1. The molecular weight excluding hydrogens is 425 g/mol. The van der Waals surface area contributed by atoms with Crippen molar-refractivity contribution < 1.29 is 13.9 Å². The summed E-state index contributed by atoms with van der Waals surface area (Å²) in [6.07, 6.45) is 6.48. The molecule has 5 nitrogen and oxygen atoms in total. The van der Waals surface area contributed by atoms with Crippen molar-refractivity contribution in [1.82, 2.24) is 10.3 Å². The Morgan fingerprint density at radius 2 is 2.06 bits per heavy atom. The number of carbonyl (C=O) groups excluding carboxylic acids is 1. The summed E-state index contributed by atoms with van der Waals surface area (Å²) in [4.78, 5) is 16.1. The number of thiophene rings is 1. The number of nitrogens with one attached hydrogen (secondary N) is 2. The van der Waals surface area contributed by atoms with Gasteiger partial charge < -0.3 is 15.4 Å². The molecule has 3 aromatic rings. The first-order chi connectivity index (χ1) is 15.7. The van der Waals surface area contributed by atoms with Crippen LogP contribution in [0.2, 0.25) is 0 Å². The Bertz CT molecular complexity index is 1030. The van der Waals surface area contributed by atoms with Crippen LogP contribution in [0.25, 0.3) is 11.1 Å². The van der Waals surface area contributed by atoms with Gasteiger partial charge in [-0.25, -0.2) is 4.98 Å². The number of rotatable bonds is 9. The van der Waals surface area contributed by atoms with Gasteiger partial charge in [0, 0.05) is 17.6 Å². The minimum absolute atomic E-state index is 0.0950. The van der Waals surface area contributed by atoms with Gasteiger partial charge >= 0.3 is 0 Å². The molecule has 1 aliphatic heterocycles. The van der Waals surface area contributed by atoms with Gasteiger partial charge in [-0.1, -0.05) is 12.1 Å². The molecule has 1 aliphatic rings. The quantitative estimate of drug-likeness (QED) is 0.341. The lowest BCUT2D eigenvalue weighted by atomic mass is 9.93. The fourth-order valence-corrected chi connectivity index (χ4v) is 4.81. The summed E-state index contributed by atoms with van der Waals surface area (Å²) in [6, 6.07) is 12.7. The standard InChI is InChI=1S/C25H28FN3O2S/c26-23-15-20(8-11-28-23)21-16-25(32-17-21)29-24(30)14-19-3-1-5-22(13-19)31-12-2-4-18-6-9-27-10-7-18/h1,3,5,8,11,13,15-18,27H,2,4,6-7,9-10,12,14H2,(H,29,30). The van der Waals surface area contributed by atoms with E-state index in [1.54, 1.807) is 6.07 Å². The maximum atomic E-state index is 13.3. The first-order valence-corrected chi connectivity index (χ1v) is 12.0. The molecule has 3 heterocycles. The molecule has 0 unspecified atom stereocenters. The maximum absolute atomic E-state index is 13.3. The highest BCUT2D eigenvalue weighted by Gasteiger charge is 2.12. The van der Waals surface area contributed by atoms with Crippen LogP contribution in [0.4, 0.5) is 9.39 Å². The molecule has 7 heteroatoms. The second-order valence-electron chi connectivity index (χ2n) is 8.12. The van der Waals surface area contributed by atoms with Crippen molar-refractivity contribution >= 4 is 22.2 Å². The van der Waals surface area contributed by atoms with Crippen LogP contribution in [0.3, 0.4) is 0 Å². The largest absolute Gasteiger partial charge is 0.494 e. The number of hydrogen-bond acceptors (Lipinski definition) is 5. The Kier molecular flexibility index (Phi) is 7.85. The summed E-state index contributed by atoms with van der Waals surface area (Å²) in [5.41, 5.74) is 2.50. The van der Waals surface area contributed by atoms with Crippen LogP contribution in [0, 0.1) is 11.9 Å². The third kappa shape index (κ3) is 6.61. The number of hydrogen-bond donors (Lipinski definition) is 2. The van der Waals surface area contributed by atoms with Crippen LogP contribution in [0.5, 0.6) is 5.75 Å². The molecule has 0 radical (unpaired) electrons. The lowest BCUT2D eigenvalue weighted by Gasteiger charge is -2.22. The number of anilines is 1. The Morgan fingerprint density at radius 3 is 2.91 bits per heavy atom. The number of pyridine rings is 1. The van der Waals surface area contributed by atoms with Crippen molar-refractivity contribution in [2.75, 3.05) is 25.0 Å². The minimum atomic E-state index is -0.521. The first-order valence-electron chi connectivity index (χ1n) is 11.1. The SMILES string of the molecule is O=C(Cc1cccc(OCCCC2CCNCC2)c1)Nc1cc(-c2ccnc(F)c2)cs1. The molecule has 168 valence electrons. The van der Waals surface area contributed by atoms with Crippen molar-refractivity contribution in [3.8, 4) is 16.9 Å². The Balaban J connectivity index is 1.24. The molecule has 0 saturated carbocycles. The Morgan fingerprint density at radius 1 is 1.19 bits per heavy atom. The van der Waals surface area contributed by atoms with Gasteiger partial charge in [0.2, 0.25) is 11.9 Å². The second-order valence-corrected chi connectivity index (χ2v) is 9.03. The summed E-state index contributed by atoms with van der Waals surface area (Å²) in [5.74, 6) is 0.999. The van der Waals surface area contributed by atoms with Gasteiger partial charge in [0.05, 0.1) is 18.0 Å². The van der Waals surface area contributed by atoms with E-state index in [0.717, 1.165) is 52.9 Å². The van der Waals surface area contributed by atoms with Crippen molar-refractivity contribution in [1.29, 1.82) is 0 Å². The van der Waals surface area contributed by atoms with E-state index < -0.39 is 5.95 Å². The van der Waals surface area contributed by atoms with Gasteiger partial charge in [-0.15, -0.1) is 11.3 Å². The highest BCUT2D eigenvalue weighted by atomic mass is 32.1. The molecule has 0 atom stereocenters. The molecule has 0 aliphatic carbocycles. The molecule has 2 aromatic heterocycles. The van der Waals surface area contributed by atoms with Gasteiger partial charge in [-0.2, -0.15) is 4.39 Å². The number of carbonyl (C=O) groups is 1. The molecule has 1 saturated heterocycles. The number of benzene rings is 1. The zero-order valence-corrected chi connectivity index (χ0v) is 18.8. The summed E-state index contributed by atoms with van der Waals surface area (Å²) >= 11 is 1.41. The lowest BCUT2D eigenvalue weighted by molar-refractivity contribution is -0.115. The predicted octanol–water partition coefficient (Wildman–Crippen LogP) is 5.29. The molecular formula is C25H28FN3O2S. The molecule has 0 spiro atoms. The van der Waals surface area contributed by atoms with Crippen LogP contribution in [-0.4, -0.2) is 30.6 Å². The van der Waals surface area contributed by atoms with Crippen LogP contribution in [0.1, 0.15) is 31.2 Å². The lowest BCUT2D eigenvalue weighted by Crippen LogP contribution is -2.27. The smallest absolute Gasteiger partial charge is 0.229 e. The zero-order valence-electron chi connectivity index (χ0n) is 18.0. The van der Waals surface area contributed by atoms with Crippen LogP contribution >= 0.6 is 11.3 Å². The molecule has 0 bridgehead atoms. The fourth-order valence-electron chi connectivity index (χ4n) is 3.98. The second kappa shape index (κ2) is 11.2. The Hall–Kier alpha value is -2.77. The van der Waals surface area contributed by atoms with E-state index >= 15 is 0 Å². The van der Waals surface area contributed by atoms with Crippen molar-refractivity contribution in [2.45, 2.75) is 32.1 Å². The monoisotopic (exact) mass is 453 g/mol. The third-order valence-corrected chi connectivity index (χ3v) is 6.51. The van der Waals surface area contributed by atoms with Crippen molar-refractivity contribution in [2.24, 2.45) is 5.92 Å². The van der Waals surface area contributed by atoms with Crippen LogP contribution in [-0.2, 0) is 11.2 Å². The average molecular weight is 454 g/mol. The van der Waals surface area contributed by atoms with Crippen LogP contribution < -0.4 is 15.4 Å². The van der Waals surface area contributed by atoms with Crippen molar-refractivity contribution in [3.05, 3.63) is 65.6 Å². The minimum Gasteiger partial charge on any atom is -0.494 e. The third-order valence-electron chi connectivity index (χ3n) is 5.67. The normalized spacial score (nSPS) is 14.3. The molecule has 32 heavy (non-hydrogen) atoms. The van der Waals surface area contributed by atoms with Crippen LogP contribution in [0.15, 0.2) is 54.0 Å². The number of halogens is 1. The molecule has 1 aromatic carbocycles. The van der Waals surface area contributed by atoms with E-state index in [9.17, 15) is 9.18 Å². The fraction of sp³-hybridized carbons (Fsp3) is 0.360. The van der Waals surface area contributed by atoms with E-state index in [1.807, 2.05) is 35.7 Å². The first kappa shape index (κ1) is 22.4. The molecule has 1 fully saturated rings. The predicted molar refractivity (Wildman–Crippen MR) is 127 cm³/mol. The summed E-state index contributed by atoms with van der Waals surface area (Å²) in [7, 11) is 0. The molecule has 2 N–H and O–H groups in total. The van der Waals surface area contributed by atoms with Gasteiger partial charge in [-0.05, 0) is 85.6 Å². The van der Waals surface area contributed by atoms with E-state index in [-0.39, 0.29) is 12.3 Å². The number of amides is 1. The molecule has 4 rings (SSSR count). The van der Waals surface area contributed by atoms with Gasteiger partial charge in [0.1, 0.15) is 5.75 Å². The number of ether oxygens (including phenoxy) is 1. The summed E-state index contributed by atoms with van der Waals surface area (Å²) in [6.45, 7) is 2.96. The van der Waals surface area contributed by atoms with E-state index in [4.69, 9.17) is 4.74 Å². The highest BCUT2D eigenvalue weighted by molar-refractivity contribution is 7.14. The van der Waals surface area contributed by atoms with E-state index in [2.05, 4.69) is 15.6 Å².